The van der Waals surface area contributed by atoms with Gasteiger partial charge in [-0.2, -0.15) is 0 Å². The number of carboxylic acid groups (broad SMARTS) is 2. The molecule has 2 atom stereocenters. The van der Waals surface area contributed by atoms with Gasteiger partial charge in [0, 0.05) is 36.5 Å². The summed E-state index contributed by atoms with van der Waals surface area (Å²) in [7, 11) is -3.56. The van der Waals surface area contributed by atoms with E-state index in [4.69, 9.17) is 14.9 Å². The maximum absolute atomic E-state index is 11.5. The fourth-order valence-electron chi connectivity index (χ4n) is 6.50. The largest absolute Gasteiger partial charge is 0.508 e. The fourth-order valence-corrected chi connectivity index (χ4v) is 7.06. The molecule has 0 bridgehead atoms. The van der Waals surface area contributed by atoms with Gasteiger partial charge < -0.3 is 35.6 Å². The van der Waals surface area contributed by atoms with E-state index in [1.165, 1.54) is 17.7 Å². The number of sulfonamides is 1. The molecule has 7 N–H and O–H groups in total. The van der Waals surface area contributed by atoms with Crippen LogP contribution in [0.5, 0.6) is 17.2 Å². The molecule has 0 heterocycles. The molecule has 0 aliphatic heterocycles. The number of carboxylic acids is 2. The summed E-state index contributed by atoms with van der Waals surface area (Å²) in [6.45, 7) is 11.3. The molecular formula is C44H59N3O10S. The molecule has 0 amide bonds. The number of aromatic hydroxyl groups is 2. The van der Waals surface area contributed by atoms with E-state index in [-0.39, 0.29) is 36.7 Å². The Kier molecular flexibility index (Phi) is 19.0. The van der Waals surface area contributed by atoms with E-state index >= 15 is 0 Å². The van der Waals surface area contributed by atoms with Crippen molar-refractivity contribution in [3.63, 3.8) is 0 Å². The van der Waals surface area contributed by atoms with Crippen molar-refractivity contribution in [2.24, 2.45) is 0 Å². The van der Waals surface area contributed by atoms with Gasteiger partial charge in [-0.1, -0.05) is 60.7 Å². The minimum atomic E-state index is -3.56. The van der Waals surface area contributed by atoms with Gasteiger partial charge >= 0.3 is 11.9 Å². The van der Waals surface area contributed by atoms with Crippen LogP contribution in [-0.4, -0.2) is 95.4 Å². The summed E-state index contributed by atoms with van der Waals surface area (Å²) in [6.07, 6.45) is 1.89. The lowest BCUT2D eigenvalue weighted by molar-refractivity contribution is -0.143. The van der Waals surface area contributed by atoms with Gasteiger partial charge in [0.2, 0.25) is 10.0 Å². The molecule has 14 heteroatoms. The number of hydrogen-bond donors (Lipinski definition) is 7. The zero-order valence-corrected chi connectivity index (χ0v) is 34.8. The number of nitrogens with zero attached hydrogens (tertiary/aromatic N) is 1. The Bertz CT molecular complexity index is 1970. The van der Waals surface area contributed by atoms with Crippen molar-refractivity contribution >= 4 is 27.6 Å². The van der Waals surface area contributed by atoms with Crippen molar-refractivity contribution < 1.29 is 48.3 Å². The molecule has 0 saturated heterocycles. The quantitative estimate of drug-likeness (QED) is 0.0334. The third kappa shape index (κ3) is 16.8. The van der Waals surface area contributed by atoms with Crippen LogP contribution in [0.15, 0.2) is 91.0 Å². The number of hydrogen-bond acceptors (Lipinski definition) is 10. The molecule has 4 aromatic carbocycles. The Balaban J connectivity index is 0.00000101. The van der Waals surface area contributed by atoms with Crippen molar-refractivity contribution in [3.8, 4) is 17.2 Å². The van der Waals surface area contributed by atoms with Crippen LogP contribution in [-0.2, 0) is 32.5 Å². The van der Waals surface area contributed by atoms with Gasteiger partial charge in [0.1, 0.15) is 17.2 Å². The third-order valence-electron chi connectivity index (χ3n) is 9.44. The Morgan fingerprint density at radius 3 is 1.95 bits per heavy atom. The van der Waals surface area contributed by atoms with Crippen LogP contribution in [0, 0.1) is 0 Å². The maximum atomic E-state index is 11.5. The number of aliphatic hydroxyl groups excluding tert-OH is 1. The number of aliphatic carboxylic acids is 2. The van der Waals surface area contributed by atoms with E-state index in [0.29, 0.717) is 43.0 Å². The molecule has 0 aliphatic carbocycles. The second-order valence-electron chi connectivity index (χ2n) is 14.7. The smallest absolute Gasteiger partial charge is 0.303 e. The van der Waals surface area contributed by atoms with Crippen LogP contribution in [0.2, 0.25) is 0 Å². The fraction of sp³-hybridized carbons (Fsp3) is 0.409. The lowest BCUT2D eigenvalue weighted by Gasteiger charge is -2.32. The number of nitrogens with one attached hydrogen (secondary N) is 2. The lowest BCUT2D eigenvalue weighted by atomic mass is 9.86. The SMILES string of the molecule is CC(C)N(CC[C@H](c1ccccc1)c1cc(CCOc2ccc(CCNC[C@H](O)c3ccc(O)c(NS(C)(=O)=O)c3)cc2)ccc1O)C(C)C.O=C(O)CCC(=O)O. The highest BCUT2D eigenvalue weighted by Crippen LogP contribution is 2.35. The predicted molar refractivity (Wildman–Crippen MR) is 226 cm³/mol. The molecule has 0 aromatic heterocycles. The molecule has 58 heavy (non-hydrogen) atoms. The number of aliphatic hydroxyl groups is 1. The average Bonchev–Trinajstić information content (AvgIpc) is 3.16. The molecular weight excluding hydrogens is 763 g/mol. The minimum absolute atomic E-state index is 0.0294. The van der Waals surface area contributed by atoms with Crippen molar-refractivity contribution in [2.45, 2.75) is 83.9 Å². The number of benzene rings is 4. The second-order valence-corrected chi connectivity index (χ2v) is 16.5. The van der Waals surface area contributed by atoms with Crippen LogP contribution in [0.1, 0.15) is 86.8 Å². The summed E-state index contributed by atoms with van der Waals surface area (Å²) in [5.74, 6) is -1.18. The Morgan fingerprint density at radius 2 is 1.36 bits per heavy atom. The molecule has 0 unspecified atom stereocenters. The average molecular weight is 822 g/mol. The summed E-state index contributed by atoms with van der Waals surface area (Å²) < 4.78 is 31.4. The van der Waals surface area contributed by atoms with E-state index in [0.717, 1.165) is 48.1 Å². The first-order valence-electron chi connectivity index (χ1n) is 19.4. The van der Waals surface area contributed by atoms with Crippen LogP contribution < -0.4 is 14.8 Å². The van der Waals surface area contributed by atoms with E-state index in [1.54, 1.807) is 6.07 Å². The van der Waals surface area contributed by atoms with Gasteiger partial charge in [-0.25, -0.2) is 8.42 Å². The number of rotatable bonds is 22. The van der Waals surface area contributed by atoms with Crippen molar-refractivity contribution in [1.29, 1.82) is 0 Å². The molecule has 316 valence electrons. The van der Waals surface area contributed by atoms with Gasteiger partial charge in [0.25, 0.3) is 0 Å². The monoisotopic (exact) mass is 821 g/mol. The zero-order chi connectivity index (χ0) is 42.8. The molecule has 4 rings (SSSR count). The highest BCUT2D eigenvalue weighted by atomic mass is 32.2. The predicted octanol–water partition coefficient (Wildman–Crippen LogP) is 6.53. The lowest BCUT2D eigenvalue weighted by Crippen LogP contribution is -2.38. The molecule has 4 aromatic rings. The van der Waals surface area contributed by atoms with Crippen LogP contribution in [0.25, 0.3) is 0 Å². The molecule has 0 saturated carbocycles. The van der Waals surface area contributed by atoms with Gasteiger partial charge in [-0.15, -0.1) is 0 Å². The number of carbonyl (C=O) groups is 2. The van der Waals surface area contributed by atoms with E-state index in [1.807, 2.05) is 42.5 Å². The molecule has 0 fully saturated rings. The molecule has 0 aliphatic rings. The van der Waals surface area contributed by atoms with Crippen molar-refractivity contribution in [1.82, 2.24) is 10.2 Å². The Morgan fingerprint density at radius 1 is 0.759 bits per heavy atom. The van der Waals surface area contributed by atoms with Crippen molar-refractivity contribution in [3.05, 3.63) is 119 Å². The van der Waals surface area contributed by atoms with Gasteiger partial charge in [-0.05, 0) is 106 Å². The number of phenolic OH excluding ortho intramolecular Hbond substituents is 2. The Labute approximate surface area is 342 Å². The summed E-state index contributed by atoms with van der Waals surface area (Å²) in [5, 5.41) is 50.5. The minimum Gasteiger partial charge on any atom is -0.508 e. The first kappa shape index (κ1) is 47.2. The van der Waals surface area contributed by atoms with Gasteiger partial charge in [0.05, 0.1) is 37.5 Å². The number of phenols is 2. The molecule has 0 radical (unpaired) electrons. The first-order valence-corrected chi connectivity index (χ1v) is 21.3. The maximum Gasteiger partial charge on any atom is 0.303 e. The van der Waals surface area contributed by atoms with Gasteiger partial charge in [-0.3, -0.25) is 19.2 Å². The summed E-state index contributed by atoms with van der Waals surface area (Å²) in [4.78, 5) is 21.8. The van der Waals surface area contributed by atoms with E-state index in [9.17, 15) is 33.3 Å². The summed E-state index contributed by atoms with van der Waals surface area (Å²) >= 11 is 0. The normalized spacial score (nSPS) is 12.5. The number of anilines is 1. The topological polar surface area (TPSA) is 206 Å². The number of ether oxygens (including phenoxy) is 1. The van der Waals surface area contributed by atoms with Crippen molar-refractivity contribution in [2.75, 3.05) is 37.2 Å². The standard InChI is InChI=1S/C40H53N3O6S.C4H6O4/c1-28(2)43(29(3)4)23-20-35(32-9-7-6-8-10-32)36-25-31(13-17-38(36)44)21-24-49-34-15-11-30(12-16-34)19-22-41-27-40(46)33-14-18-39(45)37(26-33)42-50(5,47)48;5-3(6)1-2-4(7)8/h6-18,25-26,28-29,35,40-42,44-46H,19-24,27H2,1-5H3;1-2H2,(H,5,6)(H,7,8)/t35-,40+;/m1./s1. The van der Waals surface area contributed by atoms with E-state index in [2.05, 4.69) is 73.0 Å². The second kappa shape index (κ2) is 23.3. The third-order valence-corrected chi connectivity index (χ3v) is 10.0. The van der Waals surface area contributed by atoms with Crippen LogP contribution in [0.4, 0.5) is 5.69 Å². The molecule has 0 spiro atoms. The summed E-state index contributed by atoms with van der Waals surface area (Å²) in [5.41, 5.74) is 4.90. The summed E-state index contributed by atoms with van der Waals surface area (Å²) in [6, 6.07) is 29.5. The molecule has 13 nitrogen and oxygen atoms in total. The Hall–Kier alpha value is -5.15. The highest BCUT2D eigenvalue weighted by molar-refractivity contribution is 7.92. The van der Waals surface area contributed by atoms with E-state index < -0.39 is 28.1 Å². The zero-order valence-electron chi connectivity index (χ0n) is 34.0. The van der Waals surface area contributed by atoms with Crippen LogP contribution >= 0.6 is 0 Å². The highest BCUT2D eigenvalue weighted by Gasteiger charge is 2.22. The first-order chi connectivity index (χ1) is 27.4. The van der Waals surface area contributed by atoms with Crippen LogP contribution in [0.3, 0.4) is 0 Å². The van der Waals surface area contributed by atoms with Gasteiger partial charge in [0.15, 0.2) is 0 Å².